The Bertz CT molecular complexity index is 1260. The van der Waals surface area contributed by atoms with E-state index in [1.807, 2.05) is 69.5 Å². The molecule has 1 fully saturated rings. The lowest BCUT2D eigenvalue weighted by Gasteiger charge is -2.26. The quantitative estimate of drug-likeness (QED) is 0.320. The van der Waals surface area contributed by atoms with Crippen LogP contribution in [0, 0.1) is 27.7 Å². The summed E-state index contributed by atoms with van der Waals surface area (Å²) in [5.41, 5.74) is 4.83. The number of ether oxygens (including phenoxy) is 1. The molecular formula is C26H25NO4S. The Balaban J connectivity index is 2.01. The lowest BCUT2D eigenvalue weighted by Crippen LogP contribution is -2.29. The number of hydrogen-bond donors (Lipinski definition) is 1. The highest BCUT2D eigenvalue weighted by Gasteiger charge is 2.48. The smallest absolute Gasteiger partial charge is 0.300 e. The predicted molar refractivity (Wildman–Crippen MR) is 127 cm³/mol. The number of ketones is 1. The molecule has 0 saturated carbocycles. The Kier molecular flexibility index (Phi) is 5.65. The van der Waals surface area contributed by atoms with Crippen molar-refractivity contribution in [2.45, 2.75) is 33.7 Å². The summed E-state index contributed by atoms with van der Waals surface area (Å²) < 4.78 is 5.54. The summed E-state index contributed by atoms with van der Waals surface area (Å²) in [7, 11) is 1.53. The molecule has 0 radical (unpaired) electrons. The molecule has 2 aromatic carbocycles. The Morgan fingerprint density at radius 2 is 1.78 bits per heavy atom. The monoisotopic (exact) mass is 447 g/mol. The number of methoxy groups -OCH3 is 1. The lowest BCUT2D eigenvalue weighted by atomic mass is 9.96. The number of rotatable bonds is 4. The third-order valence-electron chi connectivity index (χ3n) is 5.97. The van der Waals surface area contributed by atoms with E-state index in [0.717, 1.165) is 27.1 Å². The van der Waals surface area contributed by atoms with Crippen LogP contribution in [0.3, 0.4) is 0 Å². The highest BCUT2D eigenvalue weighted by molar-refractivity contribution is 7.10. The van der Waals surface area contributed by atoms with Gasteiger partial charge in [-0.15, -0.1) is 11.3 Å². The van der Waals surface area contributed by atoms with Gasteiger partial charge >= 0.3 is 0 Å². The minimum absolute atomic E-state index is 0.0710. The van der Waals surface area contributed by atoms with E-state index in [0.29, 0.717) is 17.0 Å². The first kappa shape index (κ1) is 21.8. The molecule has 0 bridgehead atoms. The number of thiophene rings is 1. The molecule has 3 aromatic rings. The van der Waals surface area contributed by atoms with Crippen LogP contribution in [0.25, 0.3) is 5.76 Å². The van der Waals surface area contributed by atoms with Gasteiger partial charge in [0.1, 0.15) is 17.6 Å². The van der Waals surface area contributed by atoms with Crippen LogP contribution in [-0.2, 0) is 9.59 Å². The summed E-state index contributed by atoms with van der Waals surface area (Å²) in [5.74, 6) is -1.10. The van der Waals surface area contributed by atoms with E-state index in [4.69, 9.17) is 4.74 Å². The van der Waals surface area contributed by atoms with E-state index in [2.05, 4.69) is 0 Å². The van der Waals surface area contributed by atoms with E-state index in [9.17, 15) is 14.7 Å². The third kappa shape index (κ3) is 3.41. The van der Waals surface area contributed by atoms with Crippen LogP contribution >= 0.6 is 11.3 Å². The van der Waals surface area contributed by atoms with Crippen molar-refractivity contribution in [3.63, 3.8) is 0 Å². The van der Waals surface area contributed by atoms with Gasteiger partial charge in [0.15, 0.2) is 0 Å². The first-order chi connectivity index (χ1) is 15.3. The van der Waals surface area contributed by atoms with Gasteiger partial charge in [0, 0.05) is 10.6 Å². The Labute approximate surface area is 191 Å². The van der Waals surface area contributed by atoms with Gasteiger partial charge < -0.3 is 9.84 Å². The van der Waals surface area contributed by atoms with Crippen molar-refractivity contribution in [1.82, 2.24) is 0 Å². The summed E-state index contributed by atoms with van der Waals surface area (Å²) in [6, 6.07) is 12.4. The second-order valence-electron chi connectivity index (χ2n) is 8.07. The highest BCUT2D eigenvalue weighted by atomic mass is 32.1. The summed E-state index contributed by atoms with van der Waals surface area (Å²) in [6.07, 6.45) is 0. The maximum atomic E-state index is 13.3. The fourth-order valence-corrected chi connectivity index (χ4v) is 5.16. The number of anilines is 1. The maximum Gasteiger partial charge on any atom is 0.300 e. The normalized spacial score (nSPS) is 17.8. The fourth-order valence-electron chi connectivity index (χ4n) is 4.34. The van der Waals surface area contributed by atoms with Crippen molar-refractivity contribution >= 4 is 34.5 Å². The summed E-state index contributed by atoms with van der Waals surface area (Å²) in [4.78, 5) is 29.0. The topological polar surface area (TPSA) is 66.8 Å². The SMILES string of the molecule is COc1c(C)cc(C)cc1/C(O)=C1/C(=O)C(=O)N(c2cccc(C)c2C)C1c1cccs1. The molecule has 0 spiro atoms. The molecule has 6 heteroatoms. The first-order valence-electron chi connectivity index (χ1n) is 10.3. The molecule has 1 aliphatic rings. The van der Waals surface area contributed by atoms with Crippen LogP contribution in [0.5, 0.6) is 5.75 Å². The van der Waals surface area contributed by atoms with Gasteiger partial charge in [0.05, 0.1) is 18.2 Å². The summed E-state index contributed by atoms with van der Waals surface area (Å²) >= 11 is 1.44. The van der Waals surface area contributed by atoms with Gasteiger partial charge in [-0.25, -0.2) is 0 Å². The summed E-state index contributed by atoms with van der Waals surface area (Å²) in [6.45, 7) is 7.70. The summed E-state index contributed by atoms with van der Waals surface area (Å²) in [5, 5.41) is 13.3. The van der Waals surface area contributed by atoms with Crippen LogP contribution in [-0.4, -0.2) is 23.9 Å². The number of hydrogen-bond acceptors (Lipinski definition) is 5. The molecule has 1 unspecified atom stereocenters. The Morgan fingerprint density at radius 3 is 2.44 bits per heavy atom. The number of amides is 1. The van der Waals surface area contributed by atoms with Gasteiger partial charge in [0.25, 0.3) is 11.7 Å². The third-order valence-corrected chi connectivity index (χ3v) is 6.90. The first-order valence-corrected chi connectivity index (χ1v) is 11.2. The van der Waals surface area contributed by atoms with E-state index in [1.165, 1.54) is 23.3 Å². The molecule has 4 rings (SSSR count). The van der Waals surface area contributed by atoms with Crippen LogP contribution in [0.1, 0.15) is 38.7 Å². The van der Waals surface area contributed by atoms with Crippen LogP contribution in [0.15, 0.2) is 53.4 Å². The van der Waals surface area contributed by atoms with Crippen LogP contribution in [0.2, 0.25) is 0 Å². The highest BCUT2D eigenvalue weighted by Crippen LogP contribution is 2.45. The minimum Gasteiger partial charge on any atom is -0.507 e. The van der Waals surface area contributed by atoms with Gasteiger partial charge in [-0.2, -0.15) is 0 Å². The zero-order valence-corrected chi connectivity index (χ0v) is 19.5. The average Bonchev–Trinajstić information content (AvgIpc) is 3.36. The molecular weight excluding hydrogens is 422 g/mol. The van der Waals surface area contributed by atoms with Crippen molar-refractivity contribution in [2.75, 3.05) is 12.0 Å². The van der Waals surface area contributed by atoms with Crippen LogP contribution < -0.4 is 9.64 Å². The lowest BCUT2D eigenvalue weighted by molar-refractivity contribution is -0.132. The molecule has 1 N–H and O–H groups in total. The van der Waals surface area contributed by atoms with Crippen LogP contribution in [0.4, 0.5) is 5.69 Å². The molecule has 0 aliphatic carbocycles. The number of Topliss-reactive ketones (excluding diaryl/α,β-unsaturated/α-hetero) is 1. The Hall–Kier alpha value is -3.38. The molecule has 1 aliphatic heterocycles. The molecule has 2 heterocycles. The standard InChI is InChI=1S/C26H25NO4S/c1-14-12-16(3)25(31-5)18(13-14)23(28)21-22(20-10-7-11-32-20)27(26(30)24(21)29)19-9-6-8-15(2)17(19)4/h6-13,22,28H,1-5H3/b23-21-. The van der Waals surface area contributed by atoms with Gasteiger partial charge in [-0.05, 0) is 73.5 Å². The number of aryl methyl sites for hydroxylation is 3. The maximum absolute atomic E-state index is 13.3. The zero-order chi connectivity index (χ0) is 23.2. The second-order valence-corrected chi connectivity index (χ2v) is 9.05. The molecule has 1 atom stereocenters. The molecule has 32 heavy (non-hydrogen) atoms. The minimum atomic E-state index is -0.721. The van der Waals surface area contributed by atoms with E-state index >= 15 is 0 Å². The number of aliphatic hydroxyl groups is 1. The second kappa shape index (κ2) is 8.28. The van der Waals surface area contributed by atoms with Gasteiger partial charge in [-0.1, -0.05) is 24.3 Å². The van der Waals surface area contributed by atoms with Gasteiger partial charge in [-0.3, -0.25) is 14.5 Å². The number of benzene rings is 2. The number of carbonyl (C=O) groups is 2. The van der Waals surface area contributed by atoms with Crippen molar-refractivity contribution in [2.24, 2.45) is 0 Å². The molecule has 1 amide bonds. The fraction of sp³-hybridized carbons (Fsp3) is 0.231. The average molecular weight is 448 g/mol. The molecule has 1 aromatic heterocycles. The van der Waals surface area contributed by atoms with Crippen molar-refractivity contribution in [3.05, 3.63) is 86.1 Å². The number of carbonyl (C=O) groups excluding carboxylic acids is 2. The van der Waals surface area contributed by atoms with Crippen molar-refractivity contribution in [3.8, 4) is 5.75 Å². The van der Waals surface area contributed by atoms with Crippen molar-refractivity contribution < 1.29 is 19.4 Å². The molecule has 1 saturated heterocycles. The van der Waals surface area contributed by atoms with Crippen molar-refractivity contribution in [1.29, 1.82) is 0 Å². The van der Waals surface area contributed by atoms with Gasteiger partial charge in [0.2, 0.25) is 0 Å². The van der Waals surface area contributed by atoms with E-state index in [-0.39, 0.29) is 11.3 Å². The van der Waals surface area contributed by atoms with E-state index in [1.54, 1.807) is 6.07 Å². The number of nitrogens with zero attached hydrogens (tertiary/aromatic N) is 1. The molecule has 5 nitrogen and oxygen atoms in total. The molecule has 164 valence electrons. The predicted octanol–water partition coefficient (Wildman–Crippen LogP) is 5.62. The zero-order valence-electron chi connectivity index (χ0n) is 18.7. The Morgan fingerprint density at radius 1 is 1.03 bits per heavy atom. The van der Waals surface area contributed by atoms with E-state index < -0.39 is 17.7 Å². The number of aliphatic hydroxyl groups excluding tert-OH is 1. The largest absolute Gasteiger partial charge is 0.507 e.